The van der Waals surface area contributed by atoms with Gasteiger partial charge >= 0.3 is 0 Å². The molecule has 3 rings (SSSR count). The van der Waals surface area contributed by atoms with Crippen LogP contribution in [0.15, 0.2) is 0 Å². The summed E-state index contributed by atoms with van der Waals surface area (Å²) in [5.41, 5.74) is 0. The number of amides is 1. The van der Waals surface area contributed by atoms with E-state index in [2.05, 4.69) is 10.2 Å². The van der Waals surface area contributed by atoms with Gasteiger partial charge < -0.3 is 10.2 Å². The molecule has 0 spiro atoms. The van der Waals surface area contributed by atoms with Crippen molar-refractivity contribution in [2.75, 3.05) is 19.6 Å². The van der Waals surface area contributed by atoms with Gasteiger partial charge in [-0.25, -0.2) is 0 Å². The lowest BCUT2D eigenvalue weighted by Gasteiger charge is -2.40. The van der Waals surface area contributed by atoms with E-state index in [4.69, 9.17) is 0 Å². The molecule has 0 bridgehead atoms. The maximum absolute atomic E-state index is 12.2. The molecule has 1 amide bonds. The second-order valence-electron chi connectivity index (χ2n) is 5.29. The molecule has 16 heavy (non-hydrogen) atoms. The summed E-state index contributed by atoms with van der Waals surface area (Å²) in [6.07, 6.45) is 6.59. The van der Waals surface area contributed by atoms with Crippen molar-refractivity contribution < 1.29 is 4.79 Å². The van der Waals surface area contributed by atoms with E-state index in [-0.39, 0.29) is 12.4 Å². The molecule has 2 saturated heterocycles. The van der Waals surface area contributed by atoms with Crippen LogP contribution in [0.4, 0.5) is 0 Å². The van der Waals surface area contributed by atoms with Gasteiger partial charge in [-0.15, -0.1) is 12.4 Å². The zero-order valence-corrected chi connectivity index (χ0v) is 10.5. The molecule has 3 fully saturated rings. The standard InChI is InChI=1S/C12H20N2O.ClH/c15-12(10-7-13-8-10)14-6-2-5-11(14)9-3-1-4-9;/h9-11,13H,1-8H2;1H. The summed E-state index contributed by atoms with van der Waals surface area (Å²) in [4.78, 5) is 14.4. The molecule has 1 aliphatic carbocycles. The van der Waals surface area contributed by atoms with Crippen LogP contribution >= 0.6 is 12.4 Å². The Morgan fingerprint density at radius 2 is 1.88 bits per heavy atom. The van der Waals surface area contributed by atoms with Crippen LogP contribution in [0.25, 0.3) is 0 Å². The first kappa shape index (κ1) is 12.2. The Hall–Kier alpha value is -0.280. The van der Waals surface area contributed by atoms with Gasteiger partial charge in [0.25, 0.3) is 0 Å². The number of carbonyl (C=O) groups is 1. The van der Waals surface area contributed by atoms with Gasteiger partial charge in [-0.05, 0) is 31.6 Å². The third-order valence-electron chi connectivity index (χ3n) is 4.41. The molecule has 4 heteroatoms. The first-order valence-corrected chi connectivity index (χ1v) is 6.37. The molecule has 0 aromatic rings. The van der Waals surface area contributed by atoms with Gasteiger partial charge in [0.1, 0.15) is 0 Å². The highest BCUT2D eigenvalue weighted by atomic mass is 35.5. The zero-order chi connectivity index (χ0) is 10.3. The van der Waals surface area contributed by atoms with Crippen molar-refractivity contribution in [1.29, 1.82) is 0 Å². The topological polar surface area (TPSA) is 32.3 Å². The van der Waals surface area contributed by atoms with E-state index < -0.39 is 0 Å². The molecule has 3 nitrogen and oxygen atoms in total. The van der Waals surface area contributed by atoms with Gasteiger partial charge in [0.05, 0.1) is 5.92 Å². The van der Waals surface area contributed by atoms with E-state index in [1.807, 2.05) is 0 Å². The Morgan fingerprint density at radius 1 is 1.12 bits per heavy atom. The van der Waals surface area contributed by atoms with Crippen molar-refractivity contribution in [3.63, 3.8) is 0 Å². The third-order valence-corrected chi connectivity index (χ3v) is 4.41. The second kappa shape index (κ2) is 4.92. The fourth-order valence-electron chi connectivity index (χ4n) is 3.08. The summed E-state index contributed by atoms with van der Waals surface area (Å²) in [6.45, 7) is 2.84. The van der Waals surface area contributed by atoms with E-state index in [0.29, 0.717) is 17.9 Å². The minimum Gasteiger partial charge on any atom is -0.339 e. The third kappa shape index (κ3) is 1.95. The molecule has 1 N–H and O–H groups in total. The van der Waals surface area contributed by atoms with Gasteiger partial charge in [0.2, 0.25) is 5.91 Å². The number of likely N-dealkylation sites (tertiary alicyclic amines) is 1. The molecular formula is C12H21ClN2O. The average Bonchev–Trinajstić information content (AvgIpc) is 2.46. The predicted molar refractivity (Wildman–Crippen MR) is 65.7 cm³/mol. The number of hydrogen-bond acceptors (Lipinski definition) is 2. The van der Waals surface area contributed by atoms with Crippen molar-refractivity contribution in [1.82, 2.24) is 10.2 Å². The first-order valence-electron chi connectivity index (χ1n) is 6.37. The maximum Gasteiger partial charge on any atom is 0.228 e. The number of hydrogen-bond donors (Lipinski definition) is 1. The Kier molecular flexibility index (Phi) is 3.75. The van der Waals surface area contributed by atoms with Crippen LogP contribution in [-0.2, 0) is 4.79 Å². The lowest BCUT2D eigenvalue weighted by Crippen LogP contribution is -2.54. The molecule has 1 saturated carbocycles. The summed E-state index contributed by atoms with van der Waals surface area (Å²) in [7, 11) is 0. The highest BCUT2D eigenvalue weighted by Crippen LogP contribution is 2.37. The smallest absolute Gasteiger partial charge is 0.228 e. The van der Waals surface area contributed by atoms with Gasteiger partial charge in [0.15, 0.2) is 0 Å². The van der Waals surface area contributed by atoms with Crippen LogP contribution in [-0.4, -0.2) is 36.5 Å². The minimum absolute atomic E-state index is 0. The van der Waals surface area contributed by atoms with Crippen molar-refractivity contribution in [2.45, 2.75) is 38.1 Å². The molecule has 0 radical (unpaired) electrons. The zero-order valence-electron chi connectivity index (χ0n) is 9.65. The monoisotopic (exact) mass is 244 g/mol. The van der Waals surface area contributed by atoms with Crippen LogP contribution in [0, 0.1) is 11.8 Å². The van der Waals surface area contributed by atoms with E-state index in [0.717, 1.165) is 25.6 Å². The molecule has 0 aromatic carbocycles. The van der Waals surface area contributed by atoms with Crippen LogP contribution in [0.5, 0.6) is 0 Å². The first-order chi connectivity index (χ1) is 7.36. The van der Waals surface area contributed by atoms with Gasteiger partial charge in [0, 0.05) is 25.7 Å². The van der Waals surface area contributed by atoms with Crippen LogP contribution in [0.3, 0.4) is 0 Å². The van der Waals surface area contributed by atoms with Crippen molar-refractivity contribution in [3.05, 3.63) is 0 Å². The fourth-order valence-corrected chi connectivity index (χ4v) is 3.08. The quantitative estimate of drug-likeness (QED) is 0.797. The van der Waals surface area contributed by atoms with Gasteiger partial charge in [-0.2, -0.15) is 0 Å². The number of nitrogens with zero attached hydrogens (tertiary/aromatic N) is 1. The maximum atomic E-state index is 12.2. The van der Waals surface area contributed by atoms with Crippen LogP contribution in [0.1, 0.15) is 32.1 Å². The predicted octanol–water partition coefficient (Wildman–Crippen LogP) is 1.42. The second-order valence-corrected chi connectivity index (χ2v) is 5.29. The Labute approximate surface area is 103 Å². The van der Waals surface area contributed by atoms with Gasteiger partial charge in [-0.3, -0.25) is 4.79 Å². The van der Waals surface area contributed by atoms with E-state index in [9.17, 15) is 4.79 Å². The number of nitrogens with one attached hydrogen (secondary N) is 1. The summed E-state index contributed by atoms with van der Waals surface area (Å²) >= 11 is 0. The van der Waals surface area contributed by atoms with E-state index in [1.54, 1.807) is 0 Å². The summed E-state index contributed by atoms with van der Waals surface area (Å²) in [6, 6.07) is 0.604. The molecule has 0 aromatic heterocycles. The SMILES string of the molecule is Cl.O=C(C1CNC1)N1CCCC1C1CCC1. The molecule has 2 aliphatic heterocycles. The largest absolute Gasteiger partial charge is 0.339 e. The number of rotatable bonds is 2. The van der Waals surface area contributed by atoms with Crippen molar-refractivity contribution in [2.24, 2.45) is 11.8 Å². The molecule has 1 atom stereocenters. The van der Waals surface area contributed by atoms with E-state index in [1.165, 1.54) is 32.1 Å². The van der Waals surface area contributed by atoms with Crippen LogP contribution in [0.2, 0.25) is 0 Å². The highest BCUT2D eigenvalue weighted by Gasteiger charge is 2.40. The summed E-state index contributed by atoms with van der Waals surface area (Å²) < 4.78 is 0. The van der Waals surface area contributed by atoms with Crippen molar-refractivity contribution in [3.8, 4) is 0 Å². The van der Waals surface area contributed by atoms with Gasteiger partial charge in [-0.1, -0.05) is 6.42 Å². The molecule has 2 heterocycles. The average molecular weight is 245 g/mol. The molecule has 1 unspecified atom stereocenters. The minimum atomic E-state index is 0. The Bertz CT molecular complexity index is 264. The number of halogens is 1. The lowest BCUT2D eigenvalue weighted by atomic mass is 9.78. The normalized spacial score (nSPS) is 30.5. The Balaban J connectivity index is 0.000000963. The molecule has 3 aliphatic rings. The molecular weight excluding hydrogens is 224 g/mol. The van der Waals surface area contributed by atoms with Crippen LogP contribution < -0.4 is 5.32 Å². The summed E-state index contributed by atoms with van der Waals surface area (Å²) in [5, 5.41) is 3.19. The van der Waals surface area contributed by atoms with Crippen molar-refractivity contribution >= 4 is 18.3 Å². The lowest BCUT2D eigenvalue weighted by molar-refractivity contribution is -0.139. The Morgan fingerprint density at radius 3 is 2.38 bits per heavy atom. The highest BCUT2D eigenvalue weighted by molar-refractivity contribution is 5.85. The van der Waals surface area contributed by atoms with E-state index >= 15 is 0 Å². The molecule has 92 valence electrons. The fraction of sp³-hybridized carbons (Fsp3) is 0.917. The number of carbonyl (C=O) groups excluding carboxylic acids is 1. The summed E-state index contributed by atoms with van der Waals surface area (Å²) in [5.74, 6) is 1.57.